The van der Waals surface area contributed by atoms with E-state index in [4.69, 9.17) is 20.4 Å². The molecule has 4 N–H and O–H groups in total. The summed E-state index contributed by atoms with van der Waals surface area (Å²) in [7, 11) is 0. The van der Waals surface area contributed by atoms with E-state index in [0.717, 1.165) is 29.0 Å². The molecule has 0 fully saturated rings. The van der Waals surface area contributed by atoms with Gasteiger partial charge in [-0.05, 0) is 35.0 Å². The summed E-state index contributed by atoms with van der Waals surface area (Å²) in [5.74, 6) is -5.00. The molecular formula is C20H14O8. The van der Waals surface area contributed by atoms with Crippen molar-refractivity contribution < 1.29 is 39.6 Å². The molecule has 0 aliphatic heterocycles. The van der Waals surface area contributed by atoms with Crippen LogP contribution in [0.4, 0.5) is 0 Å². The SMILES string of the molecule is O=C(O)c1cc(C(=O)O)cc(C(=O)O)c1.O=C(O)c1cccc2ccccc12. The maximum absolute atomic E-state index is 10.8. The molecule has 0 aliphatic carbocycles. The topological polar surface area (TPSA) is 149 Å². The minimum Gasteiger partial charge on any atom is -0.478 e. The van der Waals surface area contributed by atoms with Gasteiger partial charge < -0.3 is 20.4 Å². The van der Waals surface area contributed by atoms with E-state index in [1.807, 2.05) is 30.3 Å². The van der Waals surface area contributed by atoms with Crippen LogP contribution >= 0.6 is 0 Å². The zero-order valence-electron chi connectivity index (χ0n) is 14.2. The Morgan fingerprint density at radius 2 is 0.964 bits per heavy atom. The first-order chi connectivity index (χ1) is 13.2. The quantitative estimate of drug-likeness (QED) is 0.537. The molecule has 0 heterocycles. The van der Waals surface area contributed by atoms with Gasteiger partial charge in [-0.3, -0.25) is 0 Å². The Balaban J connectivity index is 0.000000202. The lowest BCUT2D eigenvalue weighted by Gasteiger charge is -2.00. The van der Waals surface area contributed by atoms with Crippen molar-refractivity contribution in [2.75, 3.05) is 0 Å². The number of benzene rings is 3. The lowest BCUT2D eigenvalue weighted by molar-refractivity contribution is 0.0680. The maximum atomic E-state index is 10.8. The predicted octanol–water partition coefficient (Wildman–Crippen LogP) is 3.32. The fourth-order valence-electron chi connectivity index (χ4n) is 2.41. The number of aromatic carboxylic acids is 4. The standard InChI is InChI=1S/C11H8O2.C9H6O6/c12-11(13)10-7-3-5-8-4-1-2-6-9(8)10;10-7(11)4-1-5(8(12)13)3-6(2-4)9(14)15/h1-7H,(H,12,13);1-3H,(H,10,11)(H,12,13)(H,14,15). The maximum Gasteiger partial charge on any atom is 0.336 e. The average Bonchev–Trinajstić information content (AvgIpc) is 2.67. The van der Waals surface area contributed by atoms with Gasteiger partial charge in [0.1, 0.15) is 0 Å². The van der Waals surface area contributed by atoms with Crippen LogP contribution in [0.2, 0.25) is 0 Å². The van der Waals surface area contributed by atoms with Crippen LogP contribution in [0, 0.1) is 0 Å². The fraction of sp³-hybridized carbons (Fsp3) is 0. The largest absolute Gasteiger partial charge is 0.478 e. The molecule has 0 aliphatic rings. The van der Waals surface area contributed by atoms with Gasteiger partial charge in [0.05, 0.1) is 22.3 Å². The number of hydrogen-bond acceptors (Lipinski definition) is 4. The smallest absolute Gasteiger partial charge is 0.336 e. The first-order valence-corrected chi connectivity index (χ1v) is 7.76. The van der Waals surface area contributed by atoms with Crippen molar-refractivity contribution in [2.45, 2.75) is 0 Å². The third kappa shape index (κ3) is 4.70. The molecule has 0 saturated heterocycles. The number of carboxylic acids is 4. The molecule has 142 valence electrons. The van der Waals surface area contributed by atoms with Crippen LogP contribution in [-0.4, -0.2) is 44.3 Å². The Labute approximate surface area is 157 Å². The number of hydrogen-bond donors (Lipinski definition) is 4. The first kappa shape index (κ1) is 20.1. The molecule has 0 atom stereocenters. The summed E-state index contributed by atoms with van der Waals surface area (Å²) in [6.45, 7) is 0. The Morgan fingerprint density at radius 1 is 0.536 bits per heavy atom. The van der Waals surface area contributed by atoms with Crippen LogP contribution in [0.15, 0.2) is 60.7 Å². The van der Waals surface area contributed by atoms with Gasteiger partial charge in [0.15, 0.2) is 0 Å². The third-order valence-corrected chi connectivity index (χ3v) is 3.69. The first-order valence-electron chi connectivity index (χ1n) is 7.76. The van der Waals surface area contributed by atoms with Gasteiger partial charge in [-0.15, -0.1) is 0 Å². The van der Waals surface area contributed by atoms with E-state index in [9.17, 15) is 19.2 Å². The summed E-state index contributed by atoms with van der Waals surface area (Å²) in [6.07, 6.45) is 0. The monoisotopic (exact) mass is 382 g/mol. The molecule has 0 saturated carbocycles. The summed E-state index contributed by atoms with van der Waals surface area (Å²) < 4.78 is 0. The van der Waals surface area contributed by atoms with E-state index < -0.39 is 23.9 Å². The van der Waals surface area contributed by atoms with Crippen LogP contribution in [-0.2, 0) is 0 Å². The molecule has 0 unspecified atom stereocenters. The minimum atomic E-state index is -1.37. The van der Waals surface area contributed by atoms with Crippen LogP contribution in [0.25, 0.3) is 10.8 Å². The second kappa shape index (κ2) is 8.45. The van der Waals surface area contributed by atoms with Crippen molar-refractivity contribution >= 4 is 34.6 Å². The van der Waals surface area contributed by atoms with Crippen LogP contribution in [0.5, 0.6) is 0 Å². The molecule has 0 aromatic heterocycles. The number of carboxylic acid groups (broad SMARTS) is 4. The summed E-state index contributed by atoms with van der Waals surface area (Å²) in [5, 5.41) is 36.5. The van der Waals surface area contributed by atoms with Gasteiger partial charge in [0.25, 0.3) is 0 Å². The summed E-state index contributed by atoms with van der Waals surface area (Å²) in [4.78, 5) is 42.5. The molecule has 0 spiro atoms. The zero-order chi connectivity index (χ0) is 20.8. The highest BCUT2D eigenvalue weighted by molar-refractivity contribution is 6.03. The summed E-state index contributed by atoms with van der Waals surface area (Å²) in [5.41, 5.74) is -0.745. The van der Waals surface area contributed by atoms with Crippen LogP contribution < -0.4 is 0 Å². The van der Waals surface area contributed by atoms with E-state index in [1.54, 1.807) is 12.1 Å². The number of rotatable bonds is 4. The van der Waals surface area contributed by atoms with E-state index in [2.05, 4.69) is 0 Å². The molecule has 28 heavy (non-hydrogen) atoms. The van der Waals surface area contributed by atoms with E-state index >= 15 is 0 Å². The third-order valence-electron chi connectivity index (χ3n) is 3.69. The molecular weight excluding hydrogens is 368 g/mol. The zero-order valence-corrected chi connectivity index (χ0v) is 14.2. The highest BCUT2D eigenvalue weighted by Crippen LogP contribution is 2.18. The predicted molar refractivity (Wildman–Crippen MR) is 98.2 cm³/mol. The second-order valence-corrected chi connectivity index (χ2v) is 5.55. The van der Waals surface area contributed by atoms with E-state index in [1.165, 1.54) is 0 Å². The molecule has 3 aromatic rings. The highest BCUT2D eigenvalue weighted by Gasteiger charge is 2.14. The van der Waals surface area contributed by atoms with Crippen molar-refractivity contribution in [3.63, 3.8) is 0 Å². The van der Waals surface area contributed by atoms with Gasteiger partial charge >= 0.3 is 23.9 Å². The molecule has 8 heteroatoms. The Bertz CT molecular complexity index is 1000. The molecule has 8 nitrogen and oxygen atoms in total. The minimum absolute atomic E-state index is 0.359. The number of fused-ring (bicyclic) bond motifs is 1. The normalized spacial score (nSPS) is 9.86. The van der Waals surface area contributed by atoms with E-state index in [0.29, 0.717) is 5.56 Å². The highest BCUT2D eigenvalue weighted by atomic mass is 16.4. The van der Waals surface area contributed by atoms with Crippen LogP contribution in [0.3, 0.4) is 0 Å². The van der Waals surface area contributed by atoms with Crippen molar-refractivity contribution in [2.24, 2.45) is 0 Å². The van der Waals surface area contributed by atoms with Gasteiger partial charge in [-0.25, -0.2) is 19.2 Å². The number of carbonyl (C=O) groups is 4. The van der Waals surface area contributed by atoms with Crippen LogP contribution in [0.1, 0.15) is 41.4 Å². The van der Waals surface area contributed by atoms with Crippen molar-refractivity contribution in [3.8, 4) is 0 Å². The molecule has 0 bridgehead atoms. The fourth-order valence-corrected chi connectivity index (χ4v) is 2.41. The molecule has 3 rings (SSSR count). The summed E-state index contributed by atoms with van der Waals surface area (Å²) >= 11 is 0. The van der Waals surface area contributed by atoms with Gasteiger partial charge in [-0.1, -0.05) is 36.4 Å². The molecule has 0 radical (unpaired) electrons. The molecule has 3 aromatic carbocycles. The second-order valence-electron chi connectivity index (χ2n) is 5.55. The average molecular weight is 382 g/mol. The molecule has 0 amide bonds. The lowest BCUT2D eigenvalue weighted by Crippen LogP contribution is -2.07. The van der Waals surface area contributed by atoms with Crippen molar-refractivity contribution in [3.05, 3.63) is 82.9 Å². The van der Waals surface area contributed by atoms with Crippen molar-refractivity contribution in [1.29, 1.82) is 0 Å². The Hall–Kier alpha value is -4.20. The Kier molecular flexibility index (Phi) is 6.07. The van der Waals surface area contributed by atoms with Gasteiger partial charge in [0.2, 0.25) is 0 Å². The van der Waals surface area contributed by atoms with Gasteiger partial charge in [-0.2, -0.15) is 0 Å². The summed E-state index contributed by atoms with van der Waals surface area (Å²) in [6, 6.07) is 15.4. The van der Waals surface area contributed by atoms with Crippen molar-refractivity contribution in [1.82, 2.24) is 0 Å². The lowest BCUT2D eigenvalue weighted by atomic mass is 10.1. The van der Waals surface area contributed by atoms with E-state index in [-0.39, 0.29) is 16.7 Å². The Morgan fingerprint density at radius 3 is 1.39 bits per heavy atom. The van der Waals surface area contributed by atoms with Gasteiger partial charge in [0, 0.05) is 0 Å².